The van der Waals surface area contributed by atoms with Gasteiger partial charge in [0, 0.05) is 5.57 Å². The van der Waals surface area contributed by atoms with Gasteiger partial charge >= 0.3 is 5.97 Å². The second-order valence-corrected chi connectivity index (χ2v) is 4.72. The third kappa shape index (κ3) is 8.76. The van der Waals surface area contributed by atoms with E-state index in [2.05, 4.69) is 19.7 Å². The summed E-state index contributed by atoms with van der Waals surface area (Å²) in [5.74, 6) is -0.935. The first-order chi connectivity index (χ1) is 8.66. The number of rotatable bonds is 2. The first-order valence-corrected chi connectivity index (χ1v) is 6.52. The summed E-state index contributed by atoms with van der Waals surface area (Å²) in [7, 11) is -4.03. The van der Waals surface area contributed by atoms with Crippen molar-refractivity contribution in [1.82, 2.24) is 0 Å². The van der Waals surface area contributed by atoms with Gasteiger partial charge in [-0.1, -0.05) is 24.8 Å². The van der Waals surface area contributed by atoms with E-state index in [0.29, 0.717) is 5.56 Å². The molecule has 0 bridgehead atoms. The number of carboxylic acids is 1. The predicted molar refractivity (Wildman–Crippen MR) is 74.7 cm³/mol. The Balaban J connectivity index is 0. The molecule has 1 aromatic carbocycles. The first kappa shape index (κ1) is 19.4. The van der Waals surface area contributed by atoms with Crippen molar-refractivity contribution in [3.8, 4) is 0 Å². The number of benzene rings is 1. The van der Waals surface area contributed by atoms with Gasteiger partial charge in [0.25, 0.3) is 10.1 Å². The fourth-order valence-electron chi connectivity index (χ4n) is 0.846. The van der Waals surface area contributed by atoms with Gasteiger partial charge in [0.15, 0.2) is 0 Å². The van der Waals surface area contributed by atoms with Gasteiger partial charge in [-0.05, 0) is 25.5 Å². The van der Waals surface area contributed by atoms with Gasteiger partial charge in [0.1, 0.15) is 0 Å². The lowest BCUT2D eigenvalue weighted by molar-refractivity contribution is -0.132. The first-order valence-electron chi connectivity index (χ1n) is 5.08. The molecule has 1 rings (SSSR count). The van der Waals surface area contributed by atoms with E-state index in [4.69, 9.17) is 9.66 Å². The van der Waals surface area contributed by atoms with Crippen LogP contribution in [0.4, 0.5) is 0 Å². The Bertz CT molecular complexity index is 520. The third-order valence-electron chi connectivity index (χ3n) is 1.74. The van der Waals surface area contributed by atoms with Crippen molar-refractivity contribution in [1.29, 1.82) is 0 Å². The Kier molecular flexibility index (Phi) is 9.27. The minimum Gasteiger partial charge on any atom is -0.478 e. The molecule has 0 heterocycles. The van der Waals surface area contributed by atoms with E-state index in [1.165, 1.54) is 13.0 Å². The van der Waals surface area contributed by atoms with E-state index in [0.717, 1.165) is 0 Å². The lowest BCUT2D eigenvalue weighted by Crippen LogP contribution is -1.99. The molecule has 0 aromatic heterocycles. The molecular weight excluding hydrogens is 268 g/mol. The lowest BCUT2D eigenvalue weighted by atomic mass is 10.2. The zero-order chi connectivity index (χ0) is 15.6. The van der Waals surface area contributed by atoms with Crippen molar-refractivity contribution < 1.29 is 22.9 Å². The average Bonchev–Trinajstić information content (AvgIpc) is 2.31. The van der Waals surface area contributed by atoms with Crippen LogP contribution < -0.4 is 0 Å². The molecule has 0 unspecified atom stereocenters. The zero-order valence-corrected chi connectivity index (χ0v) is 11.8. The summed E-state index contributed by atoms with van der Waals surface area (Å²) in [5, 5.41) is 7.89. The second kappa shape index (κ2) is 9.07. The van der Waals surface area contributed by atoms with E-state index < -0.39 is 16.1 Å². The van der Waals surface area contributed by atoms with Crippen LogP contribution in [0.15, 0.2) is 54.5 Å². The van der Waals surface area contributed by atoms with Crippen molar-refractivity contribution in [2.24, 2.45) is 0 Å². The highest BCUT2D eigenvalue weighted by Crippen LogP contribution is 2.12. The highest BCUT2D eigenvalue weighted by molar-refractivity contribution is 7.85. The molecule has 0 saturated carbocycles. The monoisotopic (exact) mass is 286 g/mol. The molecule has 0 amide bonds. The fraction of sp³-hybridized carbons (Fsp3) is 0.154. The van der Waals surface area contributed by atoms with Crippen LogP contribution in [0, 0.1) is 6.92 Å². The van der Waals surface area contributed by atoms with Crippen LogP contribution in [-0.2, 0) is 14.9 Å². The van der Waals surface area contributed by atoms with Gasteiger partial charge in [-0.3, -0.25) is 4.55 Å². The van der Waals surface area contributed by atoms with E-state index in [-0.39, 0.29) is 10.5 Å². The fourth-order valence-corrected chi connectivity index (χ4v) is 1.57. The van der Waals surface area contributed by atoms with Crippen LogP contribution in [0.25, 0.3) is 0 Å². The van der Waals surface area contributed by atoms with Gasteiger partial charge in [-0.15, -0.1) is 13.2 Å². The minimum absolute atomic E-state index is 0.0278. The van der Waals surface area contributed by atoms with Crippen LogP contribution in [0.5, 0.6) is 0 Å². The molecule has 0 spiro atoms. The molecule has 19 heavy (non-hydrogen) atoms. The van der Waals surface area contributed by atoms with Crippen molar-refractivity contribution in [2.75, 3.05) is 0 Å². The standard InChI is InChI=1S/C7H8O3S.C4H6O2.C2H4/c1-6-4-2-3-5-7(6)11(8,9)10;1-3(2)4(5)6;1-2/h2-5H,1H3,(H,8,9,10);1H2,2H3,(H,5,6);1-2H2. The van der Waals surface area contributed by atoms with E-state index >= 15 is 0 Å². The Hall–Kier alpha value is -1.92. The summed E-state index contributed by atoms with van der Waals surface area (Å²) in [6.07, 6.45) is 0. The smallest absolute Gasteiger partial charge is 0.330 e. The molecule has 0 aliphatic carbocycles. The van der Waals surface area contributed by atoms with Crippen LogP contribution in [0.1, 0.15) is 12.5 Å². The maximum atomic E-state index is 10.6. The molecule has 0 radical (unpaired) electrons. The van der Waals surface area contributed by atoms with Crippen molar-refractivity contribution in [2.45, 2.75) is 18.7 Å². The predicted octanol–water partition coefficient (Wildman–Crippen LogP) is 2.69. The highest BCUT2D eigenvalue weighted by Gasteiger charge is 2.10. The van der Waals surface area contributed by atoms with Gasteiger partial charge in [0.2, 0.25) is 0 Å². The van der Waals surface area contributed by atoms with Crippen LogP contribution in [-0.4, -0.2) is 24.0 Å². The average molecular weight is 286 g/mol. The van der Waals surface area contributed by atoms with Gasteiger partial charge in [-0.2, -0.15) is 8.42 Å². The number of aliphatic carboxylic acids is 1. The molecule has 0 fully saturated rings. The highest BCUT2D eigenvalue weighted by atomic mass is 32.2. The second-order valence-electron chi connectivity index (χ2n) is 3.33. The van der Waals surface area contributed by atoms with Crippen LogP contribution in [0.3, 0.4) is 0 Å². The summed E-state index contributed by atoms with van der Waals surface area (Å²) in [5.41, 5.74) is 0.727. The number of carbonyl (C=O) groups is 1. The van der Waals surface area contributed by atoms with Gasteiger partial charge in [0.05, 0.1) is 4.90 Å². The summed E-state index contributed by atoms with van der Waals surface area (Å²) < 4.78 is 29.9. The summed E-state index contributed by atoms with van der Waals surface area (Å²) in [4.78, 5) is 9.57. The Morgan fingerprint density at radius 3 is 1.79 bits per heavy atom. The van der Waals surface area contributed by atoms with Gasteiger partial charge < -0.3 is 5.11 Å². The number of carboxylic acid groups (broad SMARTS) is 1. The molecular formula is C13H18O5S. The SMILES string of the molecule is C=C.C=C(C)C(=O)O.Cc1ccccc1S(=O)(=O)O. The number of hydrogen-bond acceptors (Lipinski definition) is 3. The van der Waals surface area contributed by atoms with E-state index in [9.17, 15) is 13.2 Å². The summed E-state index contributed by atoms with van der Waals surface area (Å²) >= 11 is 0. The normalized spacial score (nSPS) is 9.21. The molecule has 0 aliphatic rings. The summed E-state index contributed by atoms with van der Waals surface area (Å²) in [6.45, 7) is 12.2. The molecule has 106 valence electrons. The molecule has 1 aromatic rings. The van der Waals surface area contributed by atoms with Gasteiger partial charge in [-0.25, -0.2) is 4.79 Å². The summed E-state index contributed by atoms with van der Waals surface area (Å²) in [6, 6.07) is 6.27. The van der Waals surface area contributed by atoms with Crippen molar-refractivity contribution >= 4 is 16.1 Å². The quantitative estimate of drug-likeness (QED) is 0.495. The molecule has 0 saturated heterocycles. The molecule has 0 atom stereocenters. The van der Waals surface area contributed by atoms with E-state index in [1.54, 1.807) is 25.1 Å². The maximum absolute atomic E-state index is 10.6. The van der Waals surface area contributed by atoms with Crippen LogP contribution >= 0.6 is 0 Å². The Morgan fingerprint density at radius 2 is 1.58 bits per heavy atom. The lowest BCUT2D eigenvalue weighted by Gasteiger charge is -1.99. The molecule has 2 N–H and O–H groups in total. The van der Waals surface area contributed by atoms with E-state index in [1.807, 2.05) is 0 Å². The van der Waals surface area contributed by atoms with Crippen molar-refractivity contribution in [3.63, 3.8) is 0 Å². The molecule has 5 nitrogen and oxygen atoms in total. The maximum Gasteiger partial charge on any atom is 0.330 e. The zero-order valence-electron chi connectivity index (χ0n) is 11.0. The van der Waals surface area contributed by atoms with Crippen molar-refractivity contribution in [3.05, 3.63) is 55.1 Å². The third-order valence-corrected chi connectivity index (χ3v) is 2.75. The Labute approximate surface area is 113 Å². The van der Waals surface area contributed by atoms with Crippen LogP contribution in [0.2, 0.25) is 0 Å². The topological polar surface area (TPSA) is 91.7 Å². The Morgan fingerprint density at radius 1 is 1.21 bits per heavy atom. The molecule has 6 heteroatoms. The molecule has 0 aliphatic heterocycles. The minimum atomic E-state index is -4.03. The number of aryl methyl sites for hydroxylation is 1. The number of hydrogen-bond donors (Lipinski definition) is 2. The largest absolute Gasteiger partial charge is 0.478 e.